The van der Waals surface area contributed by atoms with E-state index in [1.165, 1.54) is 11.6 Å². The lowest BCUT2D eigenvalue weighted by Crippen LogP contribution is -2.23. The highest BCUT2D eigenvalue weighted by atomic mass is 32.1. The molecule has 0 spiro atoms. The van der Waals surface area contributed by atoms with E-state index in [1.807, 2.05) is 0 Å². The minimum Gasteiger partial charge on any atom is -0.467 e. The van der Waals surface area contributed by atoms with E-state index in [9.17, 15) is 9.59 Å². The minimum atomic E-state index is -0.516. The summed E-state index contributed by atoms with van der Waals surface area (Å²) in [5.41, 5.74) is 0.194. The Morgan fingerprint density at radius 3 is 3.05 bits per heavy atom. The standard InChI is InChI=1S/C12H12N2O4S/c1-2-17-12(16)11-14-9(7-19-11)10(15)13-6-8-4-3-5-18-8/h3-5,7H,2,6H2,1H3,(H,13,15). The van der Waals surface area contributed by atoms with Crippen molar-refractivity contribution in [2.24, 2.45) is 0 Å². The van der Waals surface area contributed by atoms with Gasteiger partial charge in [0.1, 0.15) is 11.5 Å². The number of nitrogens with zero attached hydrogens (tertiary/aromatic N) is 1. The molecule has 0 aromatic carbocycles. The first kappa shape index (κ1) is 13.3. The van der Waals surface area contributed by atoms with Crippen molar-refractivity contribution in [1.82, 2.24) is 10.3 Å². The molecule has 0 atom stereocenters. The molecule has 1 N–H and O–H groups in total. The first-order valence-corrected chi connectivity index (χ1v) is 6.52. The fourth-order valence-electron chi connectivity index (χ4n) is 1.34. The van der Waals surface area contributed by atoms with Gasteiger partial charge in [0.15, 0.2) is 0 Å². The van der Waals surface area contributed by atoms with Crippen molar-refractivity contribution in [1.29, 1.82) is 0 Å². The Morgan fingerprint density at radius 2 is 2.37 bits per heavy atom. The third kappa shape index (κ3) is 3.41. The van der Waals surface area contributed by atoms with Crippen molar-refractivity contribution in [2.45, 2.75) is 13.5 Å². The maximum atomic E-state index is 11.8. The number of furan rings is 1. The molecule has 0 bridgehead atoms. The zero-order chi connectivity index (χ0) is 13.7. The molecule has 7 heteroatoms. The Hall–Kier alpha value is -2.15. The number of hydrogen-bond acceptors (Lipinski definition) is 6. The first-order valence-electron chi connectivity index (χ1n) is 5.64. The molecule has 2 rings (SSSR count). The van der Waals surface area contributed by atoms with Crippen molar-refractivity contribution in [3.8, 4) is 0 Å². The number of hydrogen-bond donors (Lipinski definition) is 1. The fourth-order valence-corrected chi connectivity index (χ4v) is 2.02. The zero-order valence-corrected chi connectivity index (χ0v) is 11.0. The maximum absolute atomic E-state index is 11.8. The molecule has 2 aromatic heterocycles. The molecule has 0 fully saturated rings. The van der Waals surface area contributed by atoms with E-state index in [4.69, 9.17) is 9.15 Å². The van der Waals surface area contributed by atoms with Crippen LogP contribution in [-0.2, 0) is 11.3 Å². The number of carbonyl (C=O) groups is 2. The summed E-state index contributed by atoms with van der Waals surface area (Å²) in [6.07, 6.45) is 1.53. The van der Waals surface area contributed by atoms with E-state index in [2.05, 4.69) is 10.3 Å². The van der Waals surface area contributed by atoms with E-state index in [1.54, 1.807) is 19.1 Å². The Kier molecular flexibility index (Phi) is 4.30. The molecule has 2 heterocycles. The summed E-state index contributed by atoms with van der Waals surface area (Å²) in [7, 11) is 0. The van der Waals surface area contributed by atoms with Gasteiger partial charge < -0.3 is 14.5 Å². The molecule has 0 unspecified atom stereocenters. The lowest BCUT2D eigenvalue weighted by atomic mass is 10.4. The number of esters is 1. The van der Waals surface area contributed by atoms with Crippen LogP contribution in [-0.4, -0.2) is 23.5 Å². The van der Waals surface area contributed by atoms with Gasteiger partial charge in [-0.3, -0.25) is 4.79 Å². The normalized spacial score (nSPS) is 10.2. The van der Waals surface area contributed by atoms with E-state index >= 15 is 0 Å². The largest absolute Gasteiger partial charge is 0.467 e. The Morgan fingerprint density at radius 1 is 1.53 bits per heavy atom. The van der Waals surface area contributed by atoms with Crippen LogP contribution in [0, 0.1) is 0 Å². The summed E-state index contributed by atoms with van der Waals surface area (Å²) >= 11 is 1.08. The smallest absolute Gasteiger partial charge is 0.367 e. The van der Waals surface area contributed by atoms with Crippen molar-refractivity contribution in [3.63, 3.8) is 0 Å². The summed E-state index contributed by atoms with van der Waals surface area (Å²) < 4.78 is 9.89. The molecule has 1 amide bonds. The molecule has 0 aliphatic carbocycles. The van der Waals surface area contributed by atoms with E-state index in [0.29, 0.717) is 5.76 Å². The van der Waals surface area contributed by atoms with Gasteiger partial charge in [-0.05, 0) is 19.1 Å². The third-order valence-electron chi connectivity index (χ3n) is 2.19. The van der Waals surface area contributed by atoms with Gasteiger partial charge >= 0.3 is 5.97 Å². The molecule has 0 radical (unpaired) electrons. The number of nitrogens with one attached hydrogen (secondary N) is 1. The van der Waals surface area contributed by atoms with Crippen molar-refractivity contribution < 1.29 is 18.7 Å². The topological polar surface area (TPSA) is 81.4 Å². The van der Waals surface area contributed by atoms with Crippen LogP contribution in [0.4, 0.5) is 0 Å². The first-order chi connectivity index (χ1) is 9.20. The molecule has 0 aliphatic rings. The predicted molar refractivity (Wildman–Crippen MR) is 67.9 cm³/mol. The molecular weight excluding hydrogens is 268 g/mol. The molecule has 6 nitrogen and oxygen atoms in total. The van der Waals surface area contributed by atoms with Gasteiger partial charge in [0, 0.05) is 5.38 Å². The number of amides is 1. The van der Waals surface area contributed by atoms with Crippen LogP contribution in [0.2, 0.25) is 0 Å². The summed E-state index contributed by atoms with van der Waals surface area (Å²) in [5, 5.41) is 4.33. The number of carbonyl (C=O) groups excluding carboxylic acids is 2. The van der Waals surface area contributed by atoms with E-state index < -0.39 is 5.97 Å². The van der Waals surface area contributed by atoms with Crippen LogP contribution in [0.15, 0.2) is 28.2 Å². The van der Waals surface area contributed by atoms with Gasteiger partial charge in [-0.2, -0.15) is 0 Å². The average Bonchev–Trinajstić information content (AvgIpc) is 3.07. The monoisotopic (exact) mass is 280 g/mol. The third-order valence-corrected chi connectivity index (χ3v) is 3.01. The van der Waals surface area contributed by atoms with Gasteiger partial charge in [0.25, 0.3) is 5.91 Å². The van der Waals surface area contributed by atoms with Crippen molar-refractivity contribution >= 4 is 23.2 Å². The lowest BCUT2D eigenvalue weighted by molar-refractivity contribution is 0.0526. The number of ether oxygens (including phenoxy) is 1. The van der Waals surface area contributed by atoms with Crippen LogP contribution in [0.25, 0.3) is 0 Å². The van der Waals surface area contributed by atoms with E-state index in [-0.39, 0.29) is 29.8 Å². The van der Waals surface area contributed by atoms with Crippen LogP contribution in [0.1, 0.15) is 33.0 Å². The fraction of sp³-hybridized carbons (Fsp3) is 0.250. The van der Waals surface area contributed by atoms with Gasteiger partial charge in [-0.15, -0.1) is 11.3 Å². The second kappa shape index (κ2) is 6.14. The molecule has 0 saturated carbocycles. The highest BCUT2D eigenvalue weighted by Crippen LogP contribution is 2.11. The molecule has 0 aliphatic heterocycles. The maximum Gasteiger partial charge on any atom is 0.367 e. The molecule has 2 aromatic rings. The summed E-state index contributed by atoms with van der Waals surface area (Å²) in [6, 6.07) is 3.49. The summed E-state index contributed by atoms with van der Waals surface area (Å²) in [5.74, 6) is -0.227. The van der Waals surface area contributed by atoms with Gasteiger partial charge in [-0.1, -0.05) is 0 Å². The Labute approximate surface area is 113 Å². The Bertz CT molecular complexity index is 562. The molecule has 100 valence electrons. The van der Waals surface area contributed by atoms with Crippen LogP contribution < -0.4 is 5.32 Å². The minimum absolute atomic E-state index is 0.171. The Balaban J connectivity index is 1.94. The molecular formula is C12H12N2O4S. The van der Waals surface area contributed by atoms with Gasteiger partial charge in [0.05, 0.1) is 19.4 Å². The SMILES string of the molecule is CCOC(=O)c1nc(C(=O)NCc2ccco2)cs1. The van der Waals surface area contributed by atoms with Crippen LogP contribution >= 0.6 is 11.3 Å². The van der Waals surface area contributed by atoms with Gasteiger partial charge in [-0.25, -0.2) is 9.78 Å². The summed E-state index contributed by atoms with van der Waals surface area (Å²) in [6.45, 7) is 2.26. The van der Waals surface area contributed by atoms with Gasteiger partial charge in [0.2, 0.25) is 5.01 Å². The van der Waals surface area contributed by atoms with E-state index in [0.717, 1.165) is 11.3 Å². The predicted octanol–water partition coefficient (Wildman–Crippen LogP) is 1.84. The zero-order valence-electron chi connectivity index (χ0n) is 10.2. The van der Waals surface area contributed by atoms with Crippen molar-refractivity contribution in [2.75, 3.05) is 6.61 Å². The molecule has 19 heavy (non-hydrogen) atoms. The number of aromatic nitrogens is 1. The average molecular weight is 280 g/mol. The van der Waals surface area contributed by atoms with Crippen LogP contribution in [0.3, 0.4) is 0 Å². The summed E-state index contributed by atoms with van der Waals surface area (Å²) in [4.78, 5) is 27.1. The second-order valence-electron chi connectivity index (χ2n) is 3.52. The second-order valence-corrected chi connectivity index (χ2v) is 4.38. The quantitative estimate of drug-likeness (QED) is 0.845. The highest BCUT2D eigenvalue weighted by molar-refractivity contribution is 7.11. The lowest BCUT2D eigenvalue weighted by Gasteiger charge is -1.99. The number of thiazole rings is 1. The van der Waals surface area contributed by atoms with Crippen LogP contribution in [0.5, 0.6) is 0 Å². The number of rotatable bonds is 5. The highest BCUT2D eigenvalue weighted by Gasteiger charge is 2.16. The molecule has 0 saturated heterocycles. The van der Waals surface area contributed by atoms with Crippen molar-refractivity contribution in [3.05, 3.63) is 40.2 Å².